The van der Waals surface area contributed by atoms with Gasteiger partial charge in [0, 0.05) is 45.2 Å². The molecular weight excluding hydrogens is 310 g/mol. The molecule has 0 saturated carbocycles. The van der Waals surface area contributed by atoms with E-state index in [0.717, 1.165) is 5.75 Å². The molecule has 0 bridgehead atoms. The van der Waals surface area contributed by atoms with Gasteiger partial charge in [0.2, 0.25) is 11.8 Å². The Labute approximate surface area is 142 Å². The van der Waals surface area contributed by atoms with Crippen LogP contribution in [-0.4, -0.2) is 68.1 Å². The molecule has 0 unspecified atom stereocenters. The number of benzene rings is 1. The minimum atomic E-state index is 0.0452. The van der Waals surface area contributed by atoms with Crippen molar-refractivity contribution >= 4 is 11.8 Å². The molecule has 0 aromatic heterocycles. The van der Waals surface area contributed by atoms with Crippen LogP contribution in [0.2, 0.25) is 0 Å². The average Bonchev–Trinajstić information content (AvgIpc) is 2.62. The van der Waals surface area contributed by atoms with Gasteiger partial charge in [-0.3, -0.25) is 9.59 Å². The van der Waals surface area contributed by atoms with Crippen molar-refractivity contribution in [3.63, 3.8) is 0 Å². The van der Waals surface area contributed by atoms with Crippen LogP contribution < -0.4 is 15.2 Å². The molecule has 0 aliphatic carbocycles. The van der Waals surface area contributed by atoms with E-state index < -0.39 is 0 Å². The van der Waals surface area contributed by atoms with Gasteiger partial charge in [-0.1, -0.05) is 6.07 Å². The van der Waals surface area contributed by atoms with Gasteiger partial charge in [0.15, 0.2) is 0 Å². The molecule has 1 aromatic rings. The number of ether oxygens (including phenoxy) is 2. The maximum absolute atomic E-state index is 12.2. The molecule has 7 nitrogen and oxygen atoms in total. The highest BCUT2D eigenvalue weighted by Crippen LogP contribution is 2.19. The molecule has 1 heterocycles. The van der Waals surface area contributed by atoms with Crippen molar-refractivity contribution in [3.05, 3.63) is 24.3 Å². The van der Waals surface area contributed by atoms with Crippen molar-refractivity contribution in [1.82, 2.24) is 9.80 Å². The van der Waals surface area contributed by atoms with E-state index in [1.807, 2.05) is 18.2 Å². The Morgan fingerprint density at radius 3 is 2.21 bits per heavy atom. The molecular formula is C17H25N3O4. The summed E-state index contributed by atoms with van der Waals surface area (Å²) in [6.45, 7) is 2.95. The van der Waals surface area contributed by atoms with Crippen LogP contribution in [0.5, 0.6) is 11.5 Å². The average molecular weight is 335 g/mol. The van der Waals surface area contributed by atoms with Crippen molar-refractivity contribution < 1.29 is 19.1 Å². The second-order valence-corrected chi connectivity index (χ2v) is 5.58. The molecule has 1 aromatic carbocycles. The highest BCUT2D eigenvalue weighted by atomic mass is 16.5. The summed E-state index contributed by atoms with van der Waals surface area (Å²) < 4.78 is 10.7. The molecule has 2 N–H and O–H groups in total. The molecule has 0 radical (unpaired) electrons. The number of hydrogen-bond donors (Lipinski definition) is 1. The number of carbonyl (C=O) groups excluding carboxylic acids is 2. The summed E-state index contributed by atoms with van der Waals surface area (Å²) in [5, 5.41) is 0. The van der Waals surface area contributed by atoms with Crippen molar-refractivity contribution in [3.8, 4) is 11.5 Å². The minimum Gasteiger partial charge on any atom is -0.497 e. The molecule has 1 fully saturated rings. The first-order valence-corrected chi connectivity index (χ1v) is 8.16. The van der Waals surface area contributed by atoms with E-state index in [1.165, 1.54) is 0 Å². The summed E-state index contributed by atoms with van der Waals surface area (Å²) in [4.78, 5) is 27.5. The van der Waals surface area contributed by atoms with Crippen LogP contribution in [0.1, 0.15) is 12.8 Å². The largest absolute Gasteiger partial charge is 0.497 e. The number of nitrogens with two attached hydrogens (primary N) is 1. The standard InChI is InChI=1S/C17H25N3O4/c1-23-14-3-2-4-15(13-14)24-12-6-17(22)20-10-8-19(9-11-20)16(21)5-7-18/h2-4,13H,5-12,18H2,1H3. The fourth-order valence-corrected chi connectivity index (χ4v) is 2.59. The van der Waals surface area contributed by atoms with Crippen LogP contribution >= 0.6 is 0 Å². The van der Waals surface area contributed by atoms with Crippen molar-refractivity contribution in [1.29, 1.82) is 0 Å². The van der Waals surface area contributed by atoms with Crippen LogP contribution in [0.15, 0.2) is 24.3 Å². The predicted octanol–water partition coefficient (Wildman–Crippen LogP) is 0.484. The third-order valence-electron chi connectivity index (χ3n) is 3.97. The summed E-state index contributed by atoms with van der Waals surface area (Å²) in [7, 11) is 1.60. The van der Waals surface area contributed by atoms with Crippen LogP contribution in [0, 0.1) is 0 Å². The van der Waals surface area contributed by atoms with Crippen LogP contribution in [0.4, 0.5) is 0 Å². The molecule has 7 heteroatoms. The Morgan fingerprint density at radius 1 is 1.04 bits per heavy atom. The monoisotopic (exact) mass is 335 g/mol. The Balaban J connectivity index is 1.71. The molecule has 2 rings (SSSR count). The normalized spacial score (nSPS) is 14.4. The van der Waals surface area contributed by atoms with E-state index in [1.54, 1.807) is 23.0 Å². The molecule has 1 saturated heterocycles. The highest BCUT2D eigenvalue weighted by Gasteiger charge is 2.23. The van der Waals surface area contributed by atoms with E-state index in [0.29, 0.717) is 57.9 Å². The number of piperazine rings is 1. The molecule has 1 aliphatic rings. The lowest BCUT2D eigenvalue weighted by Gasteiger charge is -2.34. The van der Waals surface area contributed by atoms with Gasteiger partial charge in [-0.05, 0) is 12.1 Å². The summed E-state index contributed by atoms with van der Waals surface area (Å²) in [5.74, 6) is 1.51. The lowest BCUT2D eigenvalue weighted by Crippen LogP contribution is -2.51. The maximum Gasteiger partial charge on any atom is 0.226 e. The number of nitrogens with zero attached hydrogens (tertiary/aromatic N) is 2. The Morgan fingerprint density at radius 2 is 1.62 bits per heavy atom. The third kappa shape index (κ3) is 5.13. The van der Waals surface area contributed by atoms with Crippen molar-refractivity contribution in [2.75, 3.05) is 46.4 Å². The molecule has 0 spiro atoms. The van der Waals surface area contributed by atoms with Crippen molar-refractivity contribution in [2.24, 2.45) is 5.73 Å². The summed E-state index contributed by atoms with van der Waals surface area (Å²) in [6, 6.07) is 7.29. The van der Waals surface area contributed by atoms with E-state index in [-0.39, 0.29) is 11.8 Å². The highest BCUT2D eigenvalue weighted by molar-refractivity contribution is 5.78. The van der Waals surface area contributed by atoms with E-state index in [4.69, 9.17) is 15.2 Å². The first-order valence-electron chi connectivity index (χ1n) is 8.16. The quantitative estimate of drug-likeness (QED) is 0.783. The Kier molecular flexibility index (Phi) is 6.87. The summed E-state index contributed by atoms with van der Waals surface area (Å²) in [6.07, 6.45) is 0.677. The number of hydrogen-bond acceptors (Lipinski definition) is 5. The van der Waals surface area contributed by atoms with Gasteiger partial charge in [-0.25, -0.2) is 0 Å². The number of carbonyl (C=O) groups is 2. The number of rotatable bonds is 7. The lowest BCUT2D eigenvalue weighted by atomic mass is 10.2. The van der Waals surface area contributed by atoms with Crippen LogP contribution in [0.25, 0.3) is 0 Å². The van der Waals surface area contributed by atoms with Gasteiger partial charge in [0.25, 0.3) is 0 Å². The first-order chi connectivity index (χ1) is 11.6. The fourth-order valence-electron chi connectivity index (χ4n) is 2.59. The zero-order valence-corrected chi connectivity index (χ0v) is 14.1. The predicted molar refractivity (Wildman–Crippen MR) is 89.9 cm³/mol. The van der Waals surface area contributed by atoms with Gasteiger partial charge in [-0.15, -0.1) is 0 Å². The van der Waals surface area contributed by atoms with Gasteiger partial charge in [0.1, 0.15) is 11.5 Å². The molecule has 2 amide bonds. The maximum atomic E-state index is 12.2. The van der Waals surface area contributed by atoms with Gasteiger partial charge in [-0.2, -0.15) is 0 Å². The van der Waals surface area contributed by atoms with E-state index >= 15 is 0 Å². The van der Waals surface area contributed by atoms with E-state index in [9.17, 15) is 9.59 Å². The number of methoxy groups -OCH3 is 1. The molecule has 1 aliphatic heterocycles. The fraction of sp³-hybridized carbons (Fsp3) is 0.529. The first kappa shape index (κ1) is 18.1. The Bertz CT molecular complexity index is 557. The van der Waals surface area contributed by atoms with Gasteiger partial charge >= 0.3 is 0 Å². The number of amides is 2. The zero-order valence-electron chi connectivity index (χ0n) is 14.1. The van der Waals surface area contributed by atoms with Gasteiger partial charge < -0.3 is 25.0 Å². The molecule has 0 atom stereocenters. The summed E-state index contributed by atoms with van der Waals surface area (Å²) >= 11 is 0. The lowest BCUT2D eigenvalue weighted by molar-refractivity contribution is -0.139. The van der Waals surface area contributed by atoms with Crippen LogP contribution in [-0.2, 0) is 9.59 Å². The minimum absolute atomic E-state index is 0.0452. The van der Waals surface area contributed by atoms with E-state index in [2.05, 4.69) is 0 Å². The molecule has 132 valence electrons. The molecule has 24 heavy (non-hydrogen) atoms. The topological polar surface area (TPSA) is 85.1 Å². The zero-order chi connectivity index (χ0) is 17.4. The third-order valence-corrected chi connectivity index (χ3v) is 3.97. The SMILES string of the molecule is COc1cccc(OCCC(=O)N2CCN(C(=O)CCN)CC2)c1. The second kappa shape index (κ2) is 9.12. The summed E-state index contributed by atoms with van der Waals surface area (Å²) in [5.41, 5.74) is 5.40. The second-order valence-electron chi connectivity index (χ2n) is 5.58. The Hall–Kier alpha value is -2.28. The van der Waals surface area contributed by atoms with Crippen molar-refractivity contribution in [2.45, 2.75) is 12.8 Å². The van der Waals surface area contributed by atoms with Gasteiger partial charge in [0.05, 0.1) is 20.1 Å². The van der Waals surface area contributed by atoms with Crippen LogP contribution in [0.3, 0.4) is 0 Å². The smallest absolute Gasteiger partial charge is 0.226 e.